The van der Waals surface area contributed by atoms with Crippen LogP contribution in [0.15, 0.2) is 0 Å². The van der Waals surface area contributed by atoms with E-state index in [0.717, 1.165) is 0 Å². The molecule has 0 N–H and O–H groups in total. The van der Waals surface area contributed by atoms with Gasteiger partial charge in [-0.3, -0.25) is 0 Å². The SMILES string of the molecule is O=[PH]([O-])[AlH2-].[Ca+2]. The second kappa shape index (κ2) is 5.98. The maximum absolute atomic E-state index is 9.14. The van der Waals surface area contributed by atoms with Crippen LogP contribution in [-0.2, 0) is 4.57 Å². The summed E-state index contributed by atoms with van der Waals surface area (Å²) in [6.45, 7) is -2.24. The second-order valence-electron chi connectivity index (χ2n) is 0.492. The minimum atomic E-state index is -2.24. The van der Waals surface area contributed by atoms with Crippen LogP contribution >= 0.6 is 6.67 Å². The first kappa shape index (κ1) is 10.1. The molecule has 0 bridgehead atoms. The van der Waals surface area contributed by atoms with E-state index in [1.165, 1.54) is 0 Å². The number of hydrogen-bond acceptors (Lipinski definition) is 2. The quantitative estimate of drug-likeness (QED) is 0.283. The van der Waals surface area contributed by atoms with E-state index >= 15 is 0 Å². The van der Waals surface area contributed by atoms with Gasteiger partial charge in [-0.25, -0.2) is 6.67 Å². The van der Waals surface area contributed by atoms with Crippen molar-refractivity contribution in [2.45, 2.75) is 0 Å². The van der Waals surface area contributed by atoms with Crippen molar-refractivity contribution in [2.24, 2.45) is 0 Å². The Morgan fingerprint density at radius 2 is 1.80 bits per heavy atom. The zero-order chi connectivity index (χ0) is 3.58. The first-order valence-corrected chi connectivity index (χ1v) is 5.72. The predicted octanol–water partition coefficient (Wildman–Crippen LogP) is -2.01. The van der Waals surface area contributed by atoms with Crippen molar-refractivity contribution in [1.82, 2.24) is 0 Å². The summed E-state index contributed by atoms with van der Waals surface area (Å²) in [4.78, 5) is 9.14. The fourth-order valence-corrected chi connectivity index (χ4v) is 0. The standard InChI is InChI=1S/Al.Ca.HO2P.2H/c;;1-3-2;;/h;;3H;;/q-2;+2;;;. The van der Waals surface area contributed by atoms with Crippen LogP contribution in [0.2, 0.25) is 0 Å². The van der Waals surface area contributed by atoms with E-state index in [0.29, 0.717) is 15.8 Å². The van der Waals surface area contributed by atoms with E-state index in [4.69, 9.17) is 9.46 Å². The molecule has 0 amide bonds. The molecule has 0 fully saturated rings. The third-order valence-corrected chi connectivity index (χ3v) is 0. The van der Waals surface area contributed by atoms with Crippen molar-refractivity contribution in [2.75, 3.05) is 0 Å². The molecule has 0 aromatic rings. The summed E-state index contributed by atoms with van der Waals surface area (Å²) < 4.78 is 9.14. The summed E-state index contributed by atoms with van der Waals surface area (Å²) in [7, 11) is 0. The monoisotopic (exact) mass is 133 g/mol. The van der Waals surface area contributed by atoms with Crippen molar-refractivity contribution in [3.63, 3.8) is 0 Å². The summed E-state index contributed by atoms with van der Waals surface area (Å²) >= 11 is 0.340. The Hall–Kier alpha value is 1.98. The minimum absolute atomic E-state index is 0. The van der Waals surface area contributed by atoms with Crippen molar-refractivity contribution in [3.8, 4) is 0 Å². The average Bonchev–Trinajstić information content (AvgIpc) is 0.811. The molecule has 5 heteroatoms. The van der Waals surface area contributed by atoms with Crippen molar-refractivity contribution in [3.05, 3.63) is 0 Å². The molecule has 0 rings (SSSR count). The van der Waals surface area contributed by atoms with E-state index in [2.05, 4.69) is 0 Å². The Morgan fingerprint density at radius 1 is 1.80 bits per heavy atom. The first-order chi connectivity index (χ1) is 1.73. The van der Waals surface area contributed by atoms with Gasteiger partial charge in [-0.15, -0.1) is 0 Å². The van der Waals surface area contributed by atoms with Gasteiger partial charge in [-0.2, -0.15) is 0 Å². The van der Waals surface area contributed by atoms with E-state index in [1.54, 1.807) is 0 Å². The summed E-state index contributed by atoms with van der Waals surface area (Å²) in [6, 6.07) is 0. The number of hydrogen-bond donors (Lipinski definition) is 0. The smallest absolute Gasteiger partial charge is 0.838 e. The molecule has 0 heterocycles. The third-order valence-electron chi connectivity index (χ3n) is 0. The molecule has 2 nitrogen and oxygen atoms in total. The van der Waals surface area contributed by atoms with Crippen LogP contribution in [0.5, 0.6) is 0 Å². The van der Waals surface area contributed by atoms with Gasteiger partial charge in [0.1, 0.15) is 0 Å². The van der Waals surface area contributed by atoms with Crippen LogP contribution in [0.25, 0.3) is 0 Å². The Kier molecular flexibility index (Phi) is 12.0. The molecular weight excluding hydrogens is 130 g/mol. The molecule has 1 unspecified atom stereocenters. The van der Waals surface area contributed by atoms with Gasteiger partial charge in [-0.1, -0.05) is 0 Å². The van der Waals surface area contributed by atoms with Crippen LogP contribution in [0.1, 0.15) is 0 Å². The van der Waals surface area contributed by atoms with Crippen molar-refractivity contribution >= 4 is 60.3 Å². The molecular formula is H3AlCaO2P. The fraction of sp³-hybridized carbons (Fsp3) is 0. The molecule has 0 aliphatic heterocycles. The van der Waals surface area contributed by atoms with Crippen molar-refractivity contribution in [1.29, 1.82) is 0 Å². The molecule has 0 aliphatic carbocycles. The topological polar surface area (TPSA) is 40.1 Å². The maximum atomic E-state index is 9.14. The Bertz CT molecular complexity index is 32.6. The van der Waals surface area contributed by atoms with Gasteiger partial charge in [0.05, 0.1) is 0 Å². The third kappa shape index (κ3) is 24.1. The Morgan fingerprint density at radius 3 is 1.80 bits per heavy atom. The van der Waals surface area contributed by atoms with E-state index in [9.17, 15) is 0 Å². The zero-order valence-electron chi connectivity index (χ0n) is 3.02. The molecule has 0 spiro atoms. The summed E-state index contributed by atoms with van der Waals surface area (Å²) in [6.07, 6.45) is 0. The second-order valence-corrected chi connectivity index (χ2v) is 3.92. The zero-order valence-corrected chi connectivity index (χ0v) is 8.23. The predicted molar refractivity (Wildman–Crippen MR) is 23.3 cm³/mol. The van der Waals surface area contributed by atoms with Gasteiger partial charge < -0.3 is 9.46 Å². The van der Waals surface area contributed by atoms with Crippen LogP contribution in [0.3, 0.4) is 0 Å². The molecule has 0 aromatic heterocycles. The molecule has 5 heavy (non-hydrogen) atoms. The summed E-state index contributed by atoms with van der Waals surface area (Å²) in [5.41, 5.74) is 0. The summed E-state index contributed by atoms with van der Waals surface area (Å²) in [5.74, 6) is 0. The molecule has 0 aliphatic rings. The Labute approximate surface area is 68.8 Å². The normalized spacial score (nSPS) is 12.4. The molecule has 1 atom stereocenters. The van der Waals surface area contributed by atoms with Crippen LogP contribution < -0.4 is 4.89 Å². The largest absolute Gasteiger partial charge is 2.00 e. The molecule has 0 aromatic carbocycles. The van der Waals surface area contributed by atoms with Gasteiger partial charge >= 0.3 is 37.7 Å². The van der Waals surface area contributed by atoms with Crippen LogP contribution in [-0.4, -0.2) is 53.6 Å². The molecule has 25 valence electrons. The number of rotatable bonds is 0. The first-order valence-electron chi connectivity index (χ1n) is 0.908. The molecule has 0 saturated heterocycles. The molecule has 0 saturated carbocycles. The molecule has 1 radical (unpaired) electrons. The van der Waals surface area contributed by atoms with E-state index in [1.807, 2.05) is 0 Å². The van der Waals surface area contributed by atoms with E-state index in [-0.39, 0.29) is 37.7 Å². The van der Waals surface area contributed by atoms with Gasteiger partial charge in [0.2, 0.25) is 0 Å². The fourth-order valence-electron chi connectivity index (χ4n) is 0. The van der Waals surface area contributed by atoms with Gasteiger partial charge in [-0.05, 0) is 15.8 Å². The van der Waals surface area contributed by atoms with Crippen LogP contribution in [0, 0.1) is 0 Å². The van der Waals surface area contributed by atoms with Gasteiger partial charge in [0.15, 0.2) is 0 Å². The Balaban J connectivity index is 0. The average molecular weight is 133 g/mol. The van der Waals surface area contributed by atoms with Crippen LogP contribution in [0.4, 0.5) is 0 Å². The van der Waals surface area contributed by atoms with Gasteiger partial charge in [0, 0.05) is 0 Å². The summed E-state index contributed by atoms with van der Waals surface area (Å²) in [5, 5.41) is 0. The van der Waals surface area contributed by atoms with Gasteiger partial charge in [0.25, 0.3) is 0 Å². The van der Waals surface area contributed by atoms with Crippen molar-refractivity contribution < 1.29 is 9.46 Å². The van der Waals surface area contributed by atoms with E-state index < -0.39 is 6.67 Å². The minimum Gasteiger partial charge on any atom is -0.838 e. The maximum Gasteiger partial charge on any atom is 2.00 e.